The van der Waals surface area contributed by atoms with Gasteiger partial charge in [-0.3, -0.25) is 0 Å². The van der Waals surface area contributed by atoms with Crippen molar-refractivity contribution >= 4 is 17.2 Å². The van der Waals surface area contributed by atoms with Gasteiger partial charge < -0.3 is 15.5 Å². The van der Waals surface area contributed by atoms with Gasteiger partial charge in [-0.25, -0.2) is 4.98 Å². The van der Waals surface area contributed by atoms with Gasteiger partial charge in [-0.15, -0.1) is 0 Å². The van der Waals surface area contributed by atoms with Crippen LogP contribution in [0.4, 0.5) is 17.2 Å². The lowest BCUT2D eigenvalue weighted by atomic mass is 10.1. The highest BCUT2D eigenvalue weighted by Crippen LogP contribution is 2.37. The van der Waals surface area contributed by atoms with Crippen LogP contribution in [0.25, 0.3) is 0 Å². The topological polar surface area (TPSA) is 45.4 Å². The molecule has 2 heterocycles. The van der Waals surface area contributed by atoms with Crippen molar-refractivity contribution in [2.75, 3.05) is 29.9 Å². The molecule has 1 aliphatic rings. The first kappa shape index (κ1) is 12.9. The van der Waals surface area contributed by atoms with Crippen molar-refractivity contribution in [3.05, 3.63) is 47.7 Å². The van der Waals surface area contributed by atoms with Crippen LogP contribution in [0, 0.1) is 6.92 Å². The minimum absolute atomic E-state index is 0.511. The van der Waals surface area contributed by atoms with E-state index < -0.39 is 0 Å². The zero-order chi connectivity index (χ0) is 14.1. The Morgan fingerprint density at radius 3 is 2.60 bits per heavy atom. The molecule has 2 aromatic rings. The Morgan fingerprint density at radius 2 is 1.85 bits per heavy atom. The summed E-state index contributed by atoms with van der Waals surface area (Å²) in [5, 5.41) is 0. The van der Waals surface area contributed by atoms with Crippen LogP contribution in [0.15, 0.2) is 36.4 Å². The molecule has 0 unspecified atom stereocenters. The standard InChI is InChI=1S/C16H20N4/c1-12-7-8-13(11-17)16(18-12)20-10-9-19(2)14-5-3-4-6-15(14)20/h3-8H,9-11,17H2,1-2H3. The summed E-state index contributed by atoms with van der Waals surface area (Å²) in [5.74, 6) is 0.994. The summed E-state index contributed by atoms with van der Waals surface area (Å²) in [6.45, 7) is 4.44. The van der Waals surface area contributed by atoms with Gasteiger partial charge in [-0.2, -0.15) is 0 Å². The molecule has 0 bridgehead atoms. The molecule has 1 aromatic carbocycles. The van der Waals surface area contributed by atoms with Crippen molar-refractivity contribution in [1.82, 2.24) is 4.98 Å². The molecule has 4 heteroatoms. The van der Waals surface area contributed by atoms with Crippen LogP contribution < -0.4 is 15.5 Å². The number of benzene rings is 1. The molecule has 20 heavy (non-hydrogen) atoms. The number of hydrogen-bond acceptors (Lipinski definition) is 4. The molecule has 0 saturated carbocycles. The van der Waals surface area contributed by atoms with Crippen molar-refractivity contribution in [2.45, 2.75) is 13.5 Å². The third kappa shape index (κ3) is 2.12. The summed E-state index contributed by atoms with van der Waals surface area (Å²) in [7, 11) is 2.13. The lowest BCUT2D eigenvalue weighted by molar-refractivity contribution is 0.805. The number of aryl methyl sites for hydroxylation is 1. The number of nitrogens with two attached hydrogens (primary N) is 1. The van der Waals surface area contributed by atoms with Crippen molar-refractivity contribution in [3.8, 4) is 0 Å². The largest absolute Gasteiger partial charge is 0.371 e. The molecule has 0 radical (unpaired) electrons. The van der Waals surface area contributed by atoms with E-state index in [1.807, 2.05) is 13.0 Å². The fourth-order valence-electron chi connectivity index (χ4n) is 2.69. The van der Waals surface area contributed by atoms with E-state index in [0.717, 1.165) is 30.2 Å². The number of rotatable bonds is 2. The number of anilines is 3. The first-order valence-electron chi connectivity index (χ1n) is 6.95. The van der Waals surface area contributed by atoms with E-state index in [0.29, 0.717) is 6.54 Å². The predicted molar refractivity (Wildman–Crippen MR) is 83.6 cm³/mol. The Kier molecular flexibility index (Phi) is 3.32. The second-order valence-electron chi connectivity index (χ2n) is 5.20. The number of pyridine rings is 1. The number of hydrogen-bond donors (Lipinski definition) is 1. The first-order chi connectivity index (χ1) is 9.70. The monoisotopic (exact) mass is 268 g/mol. The summed E-state index contributed by atoms with van der Waals surface area (Å²) >= 11 is 0. The van der Waals surface area contributed by atoms with Gasteiger partial charge >= 0.3 is 0 Å². The molecule has 1 aromatic heterocycles. The maximum absolute atomic E-state index is 5.88. The lowest BCUT2D eigenvalue weighted by Gasteiger charge is -2.37. The molecular weight excluding hydrogens is 248 g/mol. The first-order valence-corrected chi connectivity index (χ1v) is 6.95. The van der Waals surface area contributed by atoms with E-state index in [-0.39, 0.29) is 0 Å². The summed E-state index contributed by atoms with van der Waals surface area (Å²) in [4.78, 5) is 9.28. The van der Waals surface area contributed by atoms with Crippen LogP contribution in [0.5, 0.6) is 0 Å². The van der Waals surface area contributed by atoms with Crippen LogP contribution in [0.3, 0.4) is 0 Å². The fraction of sp³-hybridized carbons (Fsp3) is 0.312. The molecule has 3 rings (SSSR count). The average Bonchev–Trinajstić information content (AvgIpc) is 2.48. The van der Waals surface area contributed by atoms with Gasteiger partial charge in [0.15, 0.2) is 0 Å². The Bertz CT molecular complexity index is 624. The molecule has 0 spiro atoms. The molecule has 2 N–H and O–H groups in total. The second-order valence-corrected chi connectivity index (χ2v) is 5.20. The molecule has 1 aliphatic heterocycles. The normalized spacial score (nSPS) is 14.3. The molecule has 0 atom stereocenters. The van der Waals surface area contributed by atoms with Crippen LogP contribution >= 0.6 is 0 Å². The van der Waals surface area contributed by atoms with E-state index in [1.165, 1.54) is 11.4 Å². The van der Waals surface area contributed by atoms with Crippen molar-refractivity contribution in [2.24, 2.45) is 5.73 Å². The average molecular weight is 268 g/mol. The number of likely N-dealkylation sites (N-methyl/N-ethyl adjacent to an activating group) is 1. The Hall–Kier alpha value is -2.07. The molecule has 4 nitrogen and oxygen atoms in total. The van der Waals surface area contributed by atoms with Crippen LogP contribution in [-0.2, 0) is 6.54 Å². The van der Waals surface area contributed by atoms with E-state index in [2.05, 4.69) is 47.2 Å². The number of fused-ring (bicyclic) bond motifs is 1. The van der Waals surface area contributed by atoms with Gasteiger partial charge in [0, 0.05) is 37.9 Å². The van der Waals surface area contributed by atoms with Crippen LogP contribution in [-0.4, -0.2) is 25.1 Å². The molecule has 0 aliphatic carbocycles. The Labute approximate surface area is 119 Å². The molecule has 0 amide bonds. The van der Waals surface area contributed by atoms with Gasteiger partial charge in [0.25, 0.3) is 0 Å². The number of nitrogens with zero attached hydrogens (tertiary/aromatic N) is 3. The van der Waals surface area contributed by atoms with Crippen molar-refractivity contribution < 1.29 is 0 Å². The number of para-hydroxylation sites is 2. The zero-order valence-electron chi connectivity index (χ0n) is 12.0. The van der Waals surface area contributed by atoms with Crippen LogP contribution in [0.2, 0.25) is 0 Å². The highest BCUT2D eigenvalue weighted by molar-refractivity contribution is 5.79. The highest BCUT2D eigenvalue weighted by Gasteiger charge is 2.23. The minimum Gasteiger partial charge on any atom is -0.371 e. The second kappa shape index (κ2) is 5.13. The third-order valence-corrected chi connectivity index (χ3v) is 3.81. The quantitative estimate of drug-likeness (QED) is 0.908. The highest BCUT2D eigenvalue weighted by atomic mass is 15.3. The van der Waals surface area contributed by atoms with Gasteiger partial charge in [-0.1, -0.05) is 18.2 Å². The molecule has 0 fully saturated rings. The minimum atomic E-state index is 0.511. The lowest BCUT2D eigenvalue weighted by Crippen LogP contribution is -2.37. The van der Waals surface area contributed by atoms with Gasteiger partial charge in [0.2, 0.25) is 0 Å². The summed E-state index contributed by atoms with van der Waals surface area (Å²) in [6.07, 6.45) is 0. The summed E-state index contributed by atoms with van der Waals surface area (Å²) in [6, 6.07) is 12.6. The summed E-state index contributed by atoms with van der Waals surface area (Å²) < 4.78 is 0. The van der Waals surface area contributed by atoms with Crippen molar-refractivity contribution in [3.63, 3.8) is 0 Å². The zero-order valence-corrected chi connectivity index (χ0v) is 12.0. The maximum Gasteiger partial charge on any atom is 0.137 e. The van der Waals surface area contributed by atoms with Gasteiger partial charge in [0.05, 0.1) is 11.4 Å². The maximum atomic E-state index is 5.88. The van der Waals surface area contributed by atoms with Gasteiger partial charge in [-0.05, 0) is 25.1 Å². The van der Waals surface area contributed by atoms with E-state index in [9.17, 15) is 0 Å². The SMILES string of the molecule is Cc1ccc(CN)c(N2CCN(C)c3ccccc32)n1. The number of aromatic nitrogens is 1. The predicted octanol–water partition coefficient (Wildman–Crippen LogP) is 2.44. The third-order valence-electron chi connectivity index (χ3n) is 3.81. The van der Waals surface area contributed by atoms with E-state index >= 15 is 0 Å². The fourth-order valence-corrected chi connectivity index (χ4v) is 2.69. The molecule has 104 valence electrons. The molecule has 0 saturated heterocycles. The smallest absolute Gasteiger partial charge is 0.137 e. The Morgan fingerprint density at radius 1 is 1.10 bits per heavy atom. The van der Waals surface area contributed by atoms with Crippen LogP contribution in [0.1, 0.15) is 11.3 Å². The van der Waals surface area contributed by atoms with E-state index in [1.54, 1.807) is 0 Å². The molecular formula is C16H20N4. The van der Waals surface area contributed by atoms with E-state index in [4.69, 9.17) is 10.7 Å². The Balaban J connectivity index is 2.12. The van der Waals surface area contributed by atoms with Gasteiger partial charge in [0.1, 0.15) is 5.82 Å². The van der Waals surface area contributed by atoms with Crippen molar-refractivity contribution in [1.29, 1.82) is 0 Å². The summed E-state index contributed by atoms with van der Waals surface area (Å²) in [5.41, 5.74) is 10.4.